The Balaban J connectivity index is 1.70. The second kappa shape index (κ2) is 4.36. The number of rotatable bonds is 3. The van der Waals surface area contributed by atoms with E-state index < -0.39 is 0 Å². The molecule has 2 fully saturated rings. The van der Waals surface area contributed by atoms with Crippen molar-refractivity contribution < 1.29 is 0 Å². The summed E-state index contributed by atoms with van der Waals surface area (Å²) in [5, 5.41) is 3.62. The lowest BCUT2D eigenvalue weighted by molar-refractivity contribution is 0.445. The van der Waals surface area contributed by atoms with E-state index in [1.807, 2.05) is 0 Å². The maximum atomic E-state index is 3.62. The van der Waals surface area contributed by atoms with Crippen molar-refractivity contribution in [3.8, 4) is 0 Å². The summed E-state index contributed by atoms with van der Waals surface area (Å²) < 4.78 is 0. The first-order chi connectivity index (χ1) is 7.92. The molecule has 2 aliphatic rings. The van der Waals surface area contributed by atoms with E-state index in [-0.39, 0.29) is 0 Å². The van der Waals surface area contributed by atoms with Crippen molar-refractivity contribution in [2.45, 2.75) is 38.1 Å². The number of benzene rings is 1. The van der Waals surface area contributed by atoms with Gasteiger partial charge < -0.3 is 10.2 Å². The van der Waals surface area contributed by atoms with Crippen LogP contribution in [0.5, 0.6) is 0 Å². The van der Waals surface area contributed by atoms with Gasteiger partial charge in [0.05, 0.1) is 0 Å². The molecular weight excluding hydrogens is 196 g/mol. The van der Waals surface area contributed by atoms with E-state index in [1.54, 1.807) is 0 Å². The number of nitrogens with zero attached hydrogens (tertiary/aromatic N) is 1. The van der Waals surface area contributed by atoms with Gasteiger partial charge >= 0.3 is 0 Å². The molecule has 3 rings (SSSR count). The summed E-state index contributed by atoms with van der Waals surface area (Å²) >= 11 is 0. The van der Waals surface area contributed by atoms with Gasteiger partial charge in [-0.05, 0) is 50.3 Å². The highest BCUT2D eigenvalue weighted by Gasteiger charge is 2.17. The van der Waals surface area contributed by atoms with Crippen molar-refractivity contribution in [2.75, 3.05) is 23.3 Å². The first kappa shape index (κ1) is 10.0. The molecule has 1 aromatic carbocycles. The minimum atomic E-state index is 0.730. The lowest BCUT2D eigenvalue weighted by Crippen LogP contribution is -2.27. The fourth-order valence-electron chi connectivity index (χ4n) is 2.56. The highest BCUT2D eigenvalue weighted by Crippen LogP contribution is 2.27. The molecule has 1 aliphatic carbocycles. The van der Waals surface area contributed by atoms with Crippen LogP contribution in [0.4, 0.5) is 11.4 Å². The molecule has 1 aromatic rings. The van der Waals surface area contributed by atoms with Gasteiger partial charge in [0, 0.05) is 30.5 Å². The summed E-state index contributed by atoms with van der Waals surface area (Å²) in [5.74, 6) is 0. The van der Waals surface area contributed by atoms with Crippen LogP contribution in [0.15, 0.2) is 24.3 Å². The lowest BCUT2D eigenvalue weighted by Gasteiger charge is -2.28. The first-order valence-corrected chi connectivity index (χ1v) is 6.53. The van der Waals surface area contributed by atoms with E-state index in [9.17, 15) is 0 Å². The van der Waals surface area contributed by atoms with Crippen LogP contribution in [0.3, 0.4) is 0 Å². The zero-order chi connectivity index (χ0) is 10.8. The van der Waals surface area contributed by atoms with E-state index in [0.717, 1.165) is 6.04 Å². The van der Waals surface area contributed by atoms with Gasteiger partial charge in [-0.2, -0.15) is 0 Å². The molecule has 1 heterocycles. The molecule has 1 saturated heterocycles. The van der Waals surface area contributed by atoms with Crippen LogP contribution in [-0.4, -0.2) is 19.1 Å². The summed E-state index contributed by atoms with van der Waals surface area (Å²) in [5.41, 5.74) is 2.69. The van der Waals surface area contributed by atoms with Gasteiger partial charge in [0.1, 0.15) is 0 Å². The van der Waals surface area contributed by atoms with Crippen molar-refractivity contribution in [3.63, 3.8) is 0 Å². The monoisotopic (exact) mass is 216 g/mol. The van der Waals surface area contributed by atoms with Crippen LogP contribution in [-0.2, 0) is 0 Å². The van der Waals surface area contributed by atoms with Gasteiger partial charge in [-0.1, -0.05) is 6.07 Å². The van der Waals surface area contributed by atoms with E-state index >= 15 is 0 Å². The summed E-state index contributed by atoms with van der Waals surface area (Å²) in [7, 11) is 0. The topological polar surface area (TPSA) is 15.3 Å². The Morgan fingerprint density at radius 3 is 2.56 bits per heavy atom. The van der Waals surface area contributed by atoms with Crippen LogP contribution >= 0.6 is 0 Å². The smallest absolute Gasteiger partial charge is 0.0386 e. The predicted octanol–water partition coefficient (Wildman–Crippen LogP) is 3.25. The lowest BCUT2D eigenvalue weighted by atomic mass is 9.93. The molecular formula is C14H20N2. The molecule has 1 saturated carbocycles. The highest BCUT2D eigenvalue weighted by atomic mass is 15.1. The summed E-state index contributed by atoms with van der Waals surface area (Å²) in [6.07, 6.45) is 6.77. The van der Waals surface area contributed by atoms with Crippen molar-refractivity contribution in [3.05, 3.63) is 24.3 Å². The largest absolute Gasteiger partial charge is 0.382 e. The quantitative estimate of drug-likeness (QED) is 0.834. The van der Waals surface area contributed by atoms with Crippen LogP contribution < -0.4 is 10.2 Å². The molecule has 1 N–H and O–H groups in total. The van der Waals surface area contributed by atoms with Gasteiger partial charge in [0.2, 0.25) is 0 Å². The van der Waals surface area contributed by atoms with E-state index in [0.29, 0.717) is 0 Å². The van der Waals surface area contributed by atoms with Gasteiger partial charge in [-0.25, -0.2) is 0 Å². The van der Waals surface area contributed by atoms with Crippen LogP contribution in [0, 0.1) is 0 Å². The minimum absolute atomic E-state index is 0.730. The normalized spacial score (nSPS) is 20.9. The number of hydrogen-bond donors (Lipinski definition) is 1. The Bertz CT molecular complexity index is 352. The average molecular weight is 216 g/mol. The molecule has 0 amide bonds. The summed E-state index contributed by atoms with van der Waals surface area (Å²) in [4.78, 5) is 2.49. The van der Waals surface area contributed by atoms with E-state index in [4.69, 9.17) is 0 Å². The predicted molar refractivity (Wildman–Crippen MR) is 69.2 cm³/mol. The molecule has 86 valence electrons. The van der Waals surface area contributed by atoms with Crippen molar-refractivity contribution in [1.82, 2.24) is 0 Å². The molecule has 16 heavy (non-hydrogen) atoms. The zero-order valence-corrected chi connectivity index (χ0v) is 9.78. The summed E-state index contributed by atoms with van der Waals surface area (Å²) in [6, 6.07) is 9.64. The maximum Gasteiger partial charge on any atom is 0.0386 e. The second-order valence-electron chi connectivity index (χ2n) is 5.02. The number of nitrogens with one attached hydrogen (secondary N) is 1. The van der Waals surface area contributed by atoms with Crippen LogP contribution in [0.1, 0.15) is 32.1 Å². The Hall–Kier alpha value is -1.18. The Kier molecular flexibility index (Phi) is 2.73. The summed E-state index contributed by atoms with van der Waals surface area (Å²) in [6.45, 7) is 2.46. The van der Waals surface area contributed by atoms with Gasteiger partial charge in [-0.3, -0.25) is 0 Å². The molecule has 0 bridgehead atoms. The third kappa shape index (κ3) is 2.01. The SMILES string of the molecule is c1cc(NC2CCC2)cc(N2CCCC2)c1. The Morgan fingerprint density at radius 2 is 1.88 bits per heavy atom. The maximum absolute atomic E-state index is 3.62. The standard InChI is InChI=1S/C14H20N2/c1-2-10-16(9-1)14-8-4-7-13(11-14)15-12-5-3-6-12/h4,7-8,11-12,15H,1-3,5-6,9-10H2. The third-order valence-corrected chi connectivity index (χ3v) is 3.79. The average Bonchev–Trinajstić information content (AvgIpc) is 2.77. The molecule has 0 atom stereocenters. The minimum Gasteiger partial charge on any atom is -0.382 e. The van der Waals surface area contributed by atoms with E-state index in [1.165, 1.54) is 56.6 Å². The number of anilines is 2. The second-order valence-corrected chi connectivity index (χ2v) is 5.02. The molecule has 0 radical (unpaired) electrons. The van der Waals surface area contributed by atoms with Crippen LogP contribution in [0.2, 0.25) is 0 Å². The molecule has 0 aromatic heterocycles. The fraction of sp³-hybridized carbons (Fsp3) is 0.571. The fourth-order valence-corrected chi connectivity index (χ4v) is 2.56. The molecule has 0 unspecified atom stereocenters. The van der Waals surface area contributed by atoms with Gasteiger partial charge in [-0.15, -0.1) is 0 Å². The van der Waals surface area contributed by atoms with Crippen molar-refractivity contribution >= 4 is 11.4 Å². The van der Waals surface area contributed by atoms with Gasteiger partial charge in [0.25, 0.3) is 0 Å². The van der Waals surface area contributed by atoms with Crippen molar-refractivity contribution in [1.29, 1.82) is 0 Å². The van der Waals surface area contributed by atoms with Crippen LogP contribution in [0.25, 0.3) is 0 Å². The van der Waals surface area contributed by atoms with Crippen molar-refractivity contribution in [2.24, 2.45) is 0 Å². The third-order valence-electron chi connectivity index (χ3n) is 3.79. The van der Waals surface area contributed by atoms with Gasteiger partial charge in [0.15, 0.2) is 0 Å². The zero-order valence-electron chi connectivity index (χ0n) is 9.78. The van der Waals surface area contributed by atoms with E-state index in [2.05, 4.69) is 34.5 Å². The molecule has 1 aliphatic heterocycles. The highest BCUT2D eigenvalue weighted by molar-refractivity contribution is 5.58. The molecule has 2 nitrogen and oxygen atoms in total. The Morgan fingerprint density at radius 1 is 1.06 bits per heavy atom. The first-order valence-electron chi connectivity index (χ1n) is 6.53. The Labute approximate surface area is 97.6 Å². The molecule has 2 heteroatoms. The molecule has 0 spiro atoms. The number of hydrogen-bond acceptors (Lipinski definition) is 2.